The van der Waals surface area contributed by atoms with Crippen LogP contribution in [-0.2, 0) is 4.79 Å². The predicted molar refractivity (Wildman–Crippen MR) is 77.2 cm³/mol. The number of carboxylic acid groups (broad SMARTS) is 1. The summed E-state index contributed by atoms with van der Waals surface area (Å²) in [6.45, 7) is 3.64. The summed E-state index contributed by atoms with van der Waals surface area (Å²) in [6, 6.07) is 3.76. The lowest BCUT2D eigenvalue weighted by atomic mass is 10.2. The largest absolute Gasteiger partial charge is 0.481 e. The van der Waals surface area contributed by atoms with Gasteiger partial charge in [-0.15, -0.1) is 0 Å². The van der Waals surface area contributed by atoms with Gasteiger partial charge in [-0.2, -0.15) is 0 Å². The number of hydrogen-bond acceptors (Lipinski definition) is 2. The van der Waals surface area contributed by atoms with Crippen LogP contribution in [0.3, 0.4) is 0 Å². The second-order valence-corrected chi connectivity index (χ2v) is 5.25. The summed E-state index contributed by atoms with van der Waals surface area (Å²) < 4.78 is 14.2. The molecule has 0 saturated carbocycles. The number of urea groups is 1. The number of rotatable bonds is 5. The van der Waals surface area contributed by atoms with Crippen molar-refractivity contribution in [3.05, 3.63) is 28.5 Å². The van der Waals surface area contributed by atoms with Gasteiger partial charge in [-0.25, -0.2) is 9.18 Å². The number of carboxylic acids is 1. The van der Waals surface area contributed by atoms with Crippen molar-refractivity contribution in [2.45, 2.75) is 13.8 Å². The van der Waals surface area contributed by atoms with Gasteiger partial charge < -0.3 is 15.3 Å². The molecule has 0 fully saturated rings. The maximum absolute atomic E-state index is 13.6. The van der Waals surface area contributed by atoms with Gasteiger partial charge in [0.1, 0.15) is 5.82 Å². The van der Waals surface area contributed by atoms with Gasteiger partial charge in [0.15, 0.2) is 0 Å². The number of carbonyl (C=O) groups is 2. The molecule has 0 aliphatic carbocycles. The van der Waals surface area contributed by atoms with Gasteiger partial charge in [0.25, 0.3) is 0 Å². The van der Waals surface area contributed by atoms with Crippen molar-refractivity contribution in [1.29, 1.82) is 0 Å². The average Bonchev–Trinajstić information content (AvgIpc) is 2.38. The Kier molecular flexibility index (Phi) is 5.94. The molecule has 7 heteroatoms. The molecule has 0 aromatic heterocycles. The van der Waals surface area contributed by atoms with Crippen LogP contribution in [-0.4, -0.2) is 35.1 Å². The molecule has 2 amide bonds. The highest BCUT2D eigenvalue weighted by molar-refractivity contribution is 9.10. The second-order valence-electron chi connectivity index (χ2n) is 4.33. The Morgan fingerprint density at radius 2 is 2.15 bits per heavy atom. The van der Waals surface area contributed by atoms with Crippen LogP contribution in [0, 0.1) is 11.7 Å². The van der Waals surface area contributed by atoms with Gasteiger partial charge in [-0.05, 0) is 25.1 Å². The third-order valence-corrected chi connectivity index (χ3v) is 3.25. The van der Waals surface area contributed by atoms with E-state index in [0.717, 1.165) is 0 Å². The molecule has 1 rings (SSSR count). The number of aliphatic carboxylic acids is 1. The monoisotopic (exact) mass is 346 g/mol. The number of nitrogens with one attached hydrogen (secondary N) is 1. The van der Waals surface area contributed by atoms with Crippen molar-refractivity contribution >= 4 is 33.6 Å². The fourth-order valence-corrected chi connectivity index (χ4v) is 1.88. The average molecular weight is 347 g/mol. The third kappa shape index (κ3) is 4.48. The number of anilines is 1. The number of benzene rings is 1. The first kappa shape index (κ1) is 16.4. The fourth-order valence-electron chi connectivity index (χ4n) is 1.55. The normalized spacial score (nSPS) is 11.8. The zero-order chi connectivity index (χ0) is 15.3. The van der Waals surface area contributed by atoms with E-state index < -0.39 is 23.7 Å². The van der Waals surface area contributed by atoms with Crippen LogP contribution in [0.25, 0.3) is 0 Å². The minimum Gasteiger partial charge on any atom is -0.481 e. The highest BCUT2D eigenvalue weighted by Gasteiger charge is 2.20. The SMILES string of the molecule is CCN(CC(C)C(=O)O)C(=O)Nc1ccc(Br)cc1F. The van der Waals surface area contributed by atoms with E-state index in [2.05, 4.69) is 21.2 Å². The Morgan fingerprint density at radius 1 is 1.50 bits per heavy atom. The lowest BCUT2D eigenvalue weighted by Gasteiger charge is -2.23. The summed E-state index contributed by atoms with van der Waals surface area (Å²) in [5, 5.41) is 11.3. The Bertz CT molecular complexity index is 510. The second kappa shape index (κ2) is 7.23. The lowest BCUT2D eigenvalue weighted by Crippen LogP contribution is -2.39. The van der Waals surface area contributed by atoms with E-state index in [0.29, 0.717) is 11.0 Å². The molecule has 0 heterocycles. The summed E-state index contributed by atoms with van der Waals surface area (Å²) in [5.74, 6) is -2.23. The summed E-state index contributed by atoms with van der Waals surface area (Å²) in [6.07, 6.45) is 0. The van der Waals surface area contributed by atoms with Crippen LogP contribution in [0.15, 0.2) is 22.7 Å². The van der Waals surface area contributed by atoms with Crippen molar-refractivity contribution in [2.75, 3.05) is 18.4 Å². The van der Waals surface area contributed by atoms with E-state index in [1.165, 1.54) is 24.0 Å². The quantitative estimate of drug-likeness (QED) is 0.860. The van der Waals surface area contributed by atoms with E-state index in [1.807, 2.05) is 0 Å². The smallest absolute Gasteiger partial charge is 0.321 e. The van der Waals surface area contributed by atoms with E-state index in [9.17, 15) is 14.0 Å². The van der Waals surface area contributed by atoms with E-state index in [1.54, 1.807) is 13.0 Å². The number of amides is 2. The maximum Gasteiger partial charge on any atom is 0.321 e. The van der Waals surface area contributed by atoms with E-state index in [-0.39, 0.29) is 12.2 Å². The molecule has 20 heavy (non-hydrogen) atoms. The standard InChI is InChI=1S/C13H16BrFN2O3/c1-3-17(7-8(2)12(18)19)13(20)16-11-5-4-9(14)6-10(11)15/h4-6,8H,3,7H2,1-2H3,(H,16,20)(H,18,19). The number of hydrogen-bond donors (Lipinski definition) is 2. The van der Waals surface area contributed by atoms with E-state index in [4.69, 9.17) is 5.11 Å². The minimum absolute atomic E-state index is 0.0552. The molecule has 1 aromatic carbocycles. The molecule has 5 nitrogen and oxygen atoms in total. The lowest BCUT2D eigenvalue weighted by molar-refractivity contribution is -0.141. The zero-order valence-electron chi connectivity index (χ0n) is 11.2. The van der Waals surface area contributed by atoms with Gasteiger partial charge in [-0.3, -0.25) is 4.79 Å². The first-order valence-corrected chi connectivity index (χ1v) is 6.88. The molecular weight excluding hydrogens is 331 g/mol. The number of halogens is 2. The Morgan fingerprint density at radius 3 is 2.65 bits per heavy atom. The van der Waals surface area contributed by atoms with Gasteiger partial charge in [-0.1, -0.05) is 22.9 Å². The fraction of sp³-hybridized carbons (Fsp3) is 0.385. The van der Waals surface area contributed by atoms with Crippen molar-refractivity contribution in [1.82, 2.24) is 4.90 Å². The number of nitrogens with zero attached hydrogens (tertiary/aromatic N) is 1. The maximum atomic E-state index is 13.6. The van der Waals surface area contributed by atoms with Gasteiger partial charge in [0.2, 0.25) is 0 Å². The molecular formula is C13H16BrFN2O3. The molecule has 0 spiro atoms. The Balaban J connectivity index is 2.74. The van der Waals surface area contributed by atoms with Gasteiger partial charge >= 0.3 is 12.0 Å². The topological polar surface area (TPSA) is 69.6 Å². The first-order chi connectivity index (χ1) is 9.35. The van der Waals surface area contributed by atoms with Crippen molar-refractivity contribution < 1.29 is 19.1 Å². The van der Waals surface area contributed by atoms with Gasteiger partial charge in [0, 0.05) is 17.6 Å². The molecule has 1 aromatic rings. The molecule has 0 radical (unpaired) electrons. The molecule has 0 bridgehead atoms. The molecule has 0 aliphatic heterocycles. The molecule has 0 saturated heterocycles. The first-order valence-electron chi connectivity index (χ1n) is 6.09. The number of carbonyl (C=O) groups excluding carboxylic acids is 1. The summed E-state index contributed by atoms with van der Waals surface area (Å²) >= 11 is 3.13. The molecule has 110 valence electrons. The van der Waals surface area contributed by atoms with Crippen LogP contribution < -0.4 is 5.32 Å². The summed E-state index contributed by atoms with van der Waals surface area (Å²) in [7, 11) is 0. The van der Waals surface area contributed by atoms with Crippen molar-refractivity contribution in [2.24, 2.45) is 5.92 Å². The highest BCUT2D eigenvalue weighted by Crippen LogP contribution is 2.19. The Labute approximate surface area is 124 Å². The Hall–Kier alpha value is -1.63. The highest BCUT2D eigenvalue weighted by atomic mass is 79.9. The van der Waals surface area contributed by atoms with E-state index >= 15 is 0 Å². The molecule has 1 unspecified atom stereocenters. The molecule has 0 aliphatic rings. The summed E-state index contributed by atoms with van der Waals surface area (Å²) in [5.41, 5.74) is 0.0552. The van der Waals surface area contributed by atoms with Crippen LogP contribution in [0.2, 0.25) is 0 Å². The molecule has 2 N–H and O–H groups in total. The summed E-state index contributed by atoms with van der Waals surface area (Å²) in [4.78, 5) is 24.1. The predicted octanol–water partition coefficient (Wildman–Crippen LogP) is 3.16. The van der Waals surface area contributed by atoms with Crippen molar-refractivity contribution in [3.63, 3.8) is 0 Å². The minimum atomic E-state index is -0.980. The van der Waals surface area contributed by atoms with Crippen LogP contribution >= 0.6 is 15.9 Å². The van der Waals surface area contributed by atoms with Crippen LogP contribution in [0.1, 0.15) is 13.8 Å². The van der Waals surface area contributed by atoms with Crippen molar-refractivity contribution in [3.8, 4) is 0 Å². The molecule has 1 atom stereocenters. The zero-order valence-corrected chi connectivity index (χ0v) is 12.8. The van der Waals surface area contributed by atoms with Crippen LogP contribution in [0.5, 0.6) is 0 Å². The van der Waals surface area contributed by atoms with Gasteiger partial charge in [0.05, 0.1) is 11.6 Å². The van der Waals surface area contributed by atoms with Crippen LogP contribution in [0.4, 0.5) is 14.9 Å². The third-order valence-electron chi connectivity index (χ3n) is 2.76.